The van der Waals surface area contributed by atoms with Crippen LogP contribution in [0.15, 0.2) is 0 Å². The Hall–Kier alpha value is -0.910. The minimum Gasteiger partial charge on any atom is -0.480 e. The maximum absolute atomic E-state index is 11.8. The van der Waals surface area contributed by atoms with E-state index in [1.54, 1.807) is 11.8 Å². The number of carboxylic acids is 1. The van der Waals surface area contributed by atoms with Crippen LogP contribution in [0.4, 0.5) is 4.79 Å². The monoisotopic (exact) mass is 318 g/mol. The van der Waals surface area contributed by atoms with Crippen LogP contribution < -0.4 is 10.6 Å². The van der Waals surface area contributed by atoms with E-state index in [2.05, 4.69) is 31.4 Å². The maximum atomic E-state index is 11.8. The average Bonchev–Trinajstić information content (AvgIpc) is 2.41. The van der Waals surface area contributed by atoms with E-state index in [4.69, 9.17) is 5.11 Å². The highest BCUT2D eigenvalue weighted by Crippen LogP contribution is 2.22. The van der Waals surface area contributed by atoms with Gasteiger partial charge < -0.3 is 15.7 Å². The average molecular weight is 318 g/mol. The fourth-order valence-corrected chi connectivity index (χ4v) is 2.44. The van der Waals surface area contributed by atoms with Gasteiger partial charge in [-0.1, -0.05) is 40.0 Å². The second-order valence-electron chi connectivity index (χ2n) is 6.12. The Morgan fingerprint density at radius 1 is 1.29 bits per heavy atom. The van der Waals surface area contributed by atoms with Gasteiger partial charge in [0.15, 0.2) is 0 Å². The quantitative estimate of drug-likeness (QED) is 0.512. The van der Waals surface area contributed by atoms with Crippen molar-refractivity contribution in [3.8, 4) is 0 Å². The number of unbranched alkanes of at least 4 members (excludes halogenated alkanes) is 2. The summed E-state index contributed by atoms with van der Waals surface area (Å²) in [6, 6.07) is -1.22. The molecule has 1 atom stereocenters. The SMILES string of the molecule is CCCCCC(C)(C)CNC(=O)N[C@@H](CCSC)C(=O)O. The van der Waals surface area contributed by atoms with Gasteiger partial charge in [0.05, 0.1) is 0 Å². The van der Waals surface area contributed by atoms with Gasteiger partial charge in [0.2, 0.25) is 0 Å². The van der Waals surface area contributed by atoms with Crippen LogP contribution >= 0.6 is 11.8 Å². The normalized spacial score (nSPS) is 12.8. The summed E-state index contributed by atoms with van der Waals surface area (Å²) < 4.78 is 0. The van der Waals surface area contributed by atoms with Gasteiger partial charge in [0, 0.05) is 6.54 Å². The third-order valence-electron chi connectivity index (χ3n) is 3.40. The number of carbonyl (C=O) groups excluding carboxylic acids is 1. The number of hydrogen-bond acceptors (Lipinski definition) is 3. The van der Waals surface area contributed by atoms with E-state index in [0.717, 1.165) is 12.8 Å². The van der Waals surface area contributed by atoms with Gasteiger partial charge in [0.25, 0.3) is 0 Å². The van der Waals surface area contributed by atoms with Crippen molar-refractivity contribution in [3.63, 3.8) is 0 Å². The molecule has 0 saturated heterocycles. The lowest BCUT2D eigenvalue weighted by atomic mass is 9.87. The smallest absolute Gasteiger partial charge is 0.326 e. The molecule has 5 nitrogen and oxygen atoms in total. The highest BCUT2D eigenvalue weighted by Gasteiger charge is 2.22. The third kappa shape index (κ3) is 10.5. The maximum Gasteiger partial charge on any atom is 0.326 e. The molecular weight excluding hydrogens is 288 g/mol. The fraction of sp³-hybridized carbons (Fsp3) is 0.867. The Morgan fingerprint density at radius 3 is 2.48 bits per heavy atom. The summed E-state index contributed by atoms with van der Waals surface area (Å²) in [4.78, 5) is 22.9. The van der Waals surface area contributed by atoms with Crippen molar-refractivity contribution in [1.82, 2.24) is 10.6 Å². The van der Waals surface area contributed by atoms with Gasteiger partial charge in [-0.3, -0.25) is 0 Å². The minimum atomic E-state index is -0.985. The molecule has 3 N–H and O–H groups in total. The first kappa shape index (κ1) is 20.1. The van der Waals surface area contributed by atoms with E-state index < -0.39 is 18.0 Å². The lowest BCUT2D eigenvalue weighted by Gasteiger charge is -2.25. The number of rotatable bonds is 11. The number of carbonyl (C=O) groups is 2. The van der Waals surface area contributed by atoms with Crippen LogP contribution in [0, 0.1) is 5.41 Å². The van der Waals surface area contributed by atoms with Crippen molar-refractivity contribution in [1.29, 1.82) is 0 Å². The molecule has 0 aromatic carbocycles. The molecule has 6 heteroatoms. The summed E-state index contributed by atoms with van der Waals surface area (Å²) in [5.41, 5.74) is 0.0322. The predicted molar refractivity (Wildman–Crippen MR) is 88.9 cm³/mol. The molecule has 0 aliphatic rings. The first-order valence-electron chi connectivity index (χ1n) is 7.58. The Balaban J connectivity index is 4.13. The largest absolute Gasteiger partial charge is 0.480 e. The molecule has 124 valence electrons. The molecule has 0 rings (SSSR count). The summed E-state index contributed by atoms with van der Waals surface area (Å²) in [6.45, 7) is 6.95. The number of aliphatic carboxylic acids is 1. The lowest BCUT2D eigenvalue weighted by molar-refractivity contribution is -0.139. The molecule has 0 heterocycles. The van der Waals surface area contributed by atoms with E-state index >= 15 is 0 Å². The molecule has 0 aromatic rings. The molecule has 0 aliphatic carbocycles. The van der Waals surface area contributed by atoms with Crippen molar-refractivity contribution >= 4 is 23.8 Å². The molecule has 0 bridgehead atoms. The van der Waals surface area contributed by atoms with Crippen LogP contribution in [0.3, 0.4) is 0 Å². The first-order valence-corrected chi connectivity index (χ1v) is 8.98. The second-order valence-corrected chi connectivity index (χ2v) is 7.11. The Labute approximate surface area is 132 Å². The van der Waals surface area contributed by atoms with Crippen molar-refractivity contribution < 1.29 is 14.7 Å². The highest BCUT2D eigenvalue weighted by atomic mass is 32.2. The van der Waals surface area contributed by atoms with Crippen LogP contribution in [0.25, 0.3) is 0 Å². The molecule has 0 saturated carbocycles. The van der Waals surface area contributed by atoms with Crippen LogP contribution in [0.1, 0.15) is 52.9 Å². The van der Waals surface area contributed by atoms with E-state index in [-0.39, 0.29) is 5.41 Å². The Morgan fingerprint density at radius 2 is 1.95 bits per heavy atom. The predicted octanol–water partition coefficient (Wildman–Crippen LogP) is 3.10. The molecule has 0 radical (unpaired) electrons. The van der Waals surface area contributed by atoms with E-state index in [1.165, 1.54) is 12.8 Å². The van der Waals surface area contributed by atoms with Crippen molar-refractivity contribution in [2.24, 2.45) is 5.41 Å². The number of urea groups is 1. The molecular formula is C15H30N2O3S. The van der Waals surface area contributed by atoms with Gasteiger partial charge in [-0.15, -0.1) is 0 Å². The summed E-state index contributed by atoms with van der Waals surface area (Å²) in [5, 5.41) is 14.4. The highest BCUT2D eigenvalue weighted by molar-refractivity contribution is 7.98. The lowest BCUT2D eigenvalue weighted by Crippen LogP contribution is -2.48. The zero-order chi connectivity index (χ0) is 16.3. The number of amides is 2. The molecule has 0 aliphatic heterocycles. The van der Waals surface area contributed by atoms with Gasteiger partial charge in [-0.25, -0.2) is 9.59 Å². The van der Waals surface area contributed by atoms with Crippen LogP contribution in [0.5, 0.6) is 0 Å². The van der Waals surface area contributed by atoms with Gasteiger partial charge in [0.1, 0.15) is 6.04 Å². The zero-order valence-electron chi connectivity index (χ0n) is 13.7. The van der Waals surface area contributed by atoms with E-state index in [1.807, 2.05) is 6.26 Å². The molecule has 2 amide bonds. The number of nitrogens with one attached hydrogen (secondary N) is 2. The standard InChI is InChI=1S/C15H30N2O3S/c1-5-6-7-9-15(2,3)11-16-14(20)17-12(13(18)19)8-10-21-4/h12H,5-11H2,1-4H3,(H,18,19)(H2,16,17,20)/t12-/m0/s1. The summed E-state index contributed by atoms with van der Waals surface area (Å²) in [7, 11) is 0. The van der Waals surface area contributed by atoms with Crippen molar-refractivity contribution in [3.05, 3.63) is 0 Å². The van der Waals surface area contributed by atoms with Gasteiger partial charge in [-0.2, -0.15) is 11.8 Å². The van der Waals surface area contributed by atoms with Gasteiger partial charge >= 0.3 is 12.0 Å². The van der Waals surface area contributed by atoms with Crippen LogP contribution in [0.2, 0.25) is 0 Å². The summed E-state index contributed by atoms with van der Waals surface area (Å²) in [6.07, 6.45) is 6.93. The number of carboxylic acid groups (broad SMARTS) is 1. The molecule has 0 spiro atoms. The number of hydrogen-bond donors (Lipinski definition) is 3. The topological polar surface area (TPSA) is 78.4 Å². The zero-order valence-corrected chi connectivity index (χ0v) is 14.5. The summed E-state index contributed by atoms with van der Waals surface area (Å²) >= 11 is 1.57. The number of thioether (sulfide) groups is 1. The van der Waals surface area contributed by atoms with Crippen molar-refractivity contribution in [2.45, 2.75) is 58.9 Å². The van der Waals surface area contributed by atoms with Crippen LogP contribution in [-0.4, -0.2) is 41.7 Å². The van der Waals surface area contributed by atoms with Gasteiger partial charge in [-0.05, 0) is 30.3 Å². The molecule has 0 aromatic heterocycles. The van der Waals surface area contributed by atoms with E-state index in [0.29, 0.717) is 18.7 Å². The fourth-order valence-electron chi connectivity index (χ4n) is 1.96. The second kappa shape index (κ2) is 10.8. The molecule has 21 heavy (non-hydrogen) atoms. The van der Waals surface area contributed by atoms with E-state index in [9.17, 15) is 9.59 Å². The van der Waals surface area contributed by atoms with Crippen molar-refractivity contribution in [2.75, 3.05) is 18.6 Å². The minimum absolute atomic E-state index is 0.0322. The molecule has 0 unspecified atom stereocenters. The summed E-state index contributed by atoms with van der Waals surface area (Å²) in [5.74, 6) is -0.277. The Kier molecular flexibility index (Phi) is 10.3. The first-order chi connectivity index (χ1) is 9.82. The molecule has 0 fully saturated rings. The Bertz CT molecular complexity index is 322. The van der Waals surface area contributed by atoms with Crippen LogP contribution in [-0.2, 0) is 4.79 Å². The third-order valence-corrected chi connectivity index (χ3v) is 4.04.